The average Bonchev–Trinajstić information content (AvgIpc) is 3.07. The van der Waals surface area contributed by atoms with Gasteiger partial charge in [0.25, 0.3) is 5.91 Å². The number of carbonyl (C=O) groups is 1. The lowest BCUT2D eigenvalue weighted by Crippen LogP contribution is -2.17. The van der Waals surface area contributed by atoms with Gasteiger partial charge in [-0.3, -0.25) is 14.0 Å². The number of amides is 1. The molecule has 0 aliphatic heterocycles. The standard InChI is InChI=1S/C19H15F5N3O4P/c1-32(29,30)31-12-6-5-11(13(9-12)19(22,23)24)10-27-8-7-16(26-27)25-18(28)17-14(20)3-2-4-15(17)21/h2-9H,10H2,1H3,(H,29,30)(H,25,26,28)/p-1. The van der Waals surface area contributed by atoms with E-state index in [4.69, 9.17) is 0 Å². The van der Waals surface area contributed by atoms with Crippen LogP contribution in [-0.2, 0) is 17.3 Å². The van der Waals surface area contributed by atoms with Crippen molar-refractivity contribution in [3.8, 4) is 5.75 Å². The van der Waals surface area contributed by atoms with Crippen LogP contribution in [0.25, 0.3) is 0 Å². The second-order valence-electron chi connectivity index (χ2n) is 6.63. The minimum Gasteiger partial charge on any atom is -0.769 e. The van der Waals surface area contributed by atoms with Crippen molar-refractivity contribution in [1.29, 1.82) is 0 Å². The summed E-state index contributed by atoms with van der Waals surface area (Å²) in [5.74, 6) is -3.95. The van der Waals surface area contributed by atoms with Gasteiger partial charge < -0.3 is 14.7 Å². The van der Waals surface area contributed by atoms with E-state index in [1.807, 2.05) is 0 Å². The summed E-state index contributed by atoms with van der Waals surface area (Å²) >= 11 is 0. The van der Waals surface area contributed by atoms with Crippen LogP contribution in [0, 0.1) is 11.6 Å². The van der Waals surface area contributed by atoms with Crippen molar-refractivity contribution in [2.24, 2.45) is 0 Å². The summed E-state index contributed by atoms with van der Waals surface area (Å²) in [4.78, 5) is 23.3. The summed E-state index contributed by atoms with van der Waals surface area (Å²) in [6.45, 7) is 0.321. The van der Waals surface area contributed by atoms with Gasteiger partial charge >= 0.3 is 6.18 Å². The van der Waals surface area contributed by atoms with Gasteiger partial charge in [-0.05, 0) is 29.8 Å². The van der Waals surface area contributed by atoms with Crippen molar-refractivity contribution in [3.63, 3.8) is 0 Å². The highest BCUT2D eigenvalue weighted by Crippen LogP contribution is 2.39. The highest BCUT2D eigenvalue weighted by molar-refractivity contribution is 7.50. The Morgan fingerprint density at radius 1 is 1.19 bits per heavy atom. The minimum atomic E-state index is -4.82. The first kappa shape index (κ1) is 23.4. The Balaban J connectivity index is 1.82. The fourth-order valence-electron chi connectivity index (χ4n) is 2.79. The normalized spacial score (nSPS) is 13.5. The third-order valence-electron chi connectivity index (χ3n) is 4.06. The van der Waals surface area contributed by atoms with E-state index in [0.29, 0.717) is 6.07 Å². The number of hydrogen-bond donors (Lipinski definition) is 1. The van der Waals surface area contributed by atoms with Crippen LogP contribution in [0.15, 0.2) is 48.7 Å². The smallest absolute Gasteiger partial charge is 0.416 e. The molecule has 3 aromatic rings. The molecule has 7 nitrogen and oxygen atoms in total. The molecule has 1 atom stereocenters. The van der Waals surface area contributed by atoms with E-state index in [9.17, 15) is 36.2 Å². The predicted molar refractivity (Wildman–Crippen MR) is 101 cm³/mol. The van der Waals surface area contributed by atoms with Crippen LogP contribution in [-0.4, -0.2) is 22.4 Å². The van der Waals surface area contributed by atoms with E-state index in [2.05, 4.69) is 14.9 Å². The number of aromatic nitrogens is 2. The van der Waals surface area contributed by atoms with Crippen molar-refractivity contribution in [1.82, 2.24) is 9.78 Å². The number of carbonyl (C=O) groups excluding carboxylic acids is 1. The third-order valence-corrected chi connectivity index (χ3v) is 4.60. The van der Waals surface area contributed by atoms with Crippen LogP contribution >= 0.6 is 7.60 Å². The van der Waals surface area contributed by atoms with Crippen molar-refractivity contribution in [3.05, 3.63) is 77.0 Å². The SMILES string of the molecule is CP(=O)([O-])Oc1ccc(Cn2ccc(NC(=O)c3c(F)cccc3F)n2)c(C(F)(F)F)c1. The second-order valence-corrected chi connectivity index (χ2v) is 8.35. The zero-order valence-corrected chi connectivity index (χ0v) is 17.1. The number of nitrogens with one attached hydrogen (secondary N) is 1. The largest absolute Gasteiger partial charge is 0.769 e. The van der Waals surface area contributed by atoms with Crippen molar-refractivity contribution < 1.29 is 40.7 Å². The summed E-state index contributed by atoms with van der Waals surface area (Å²) in [6.07, 6.45) is -3.57. The number of hydrogen-bond acceptors (Lipinski definition) is 5. The Bertz CT molecular complexity index is 1190. The molecule has 0 aliphatic carbocycles. The predicted octanol–water partition coefficient (Wildman–Crippen LogP) is 4.04. The Morgan fingerprint density at radius 3 is 2.44 bits per heavy atom. The molecular weight excluding hydrogens is 460 g/mol. The van der Waals surface area contributed by atoms with E-state index in [1.165, 1.54) is 12.3 Å². The number of nitrogens with zero attached hydrogens (tertiary/aromatic N) is 2. The molecule has 1 heterocycles. The van der Waals surface area contributed by atoms with Gasteiger partial charge in [-0.25, -0.2) is 8.78 Å². The molecule has 1 unspecified atom stereocenters. The first-order valence-electron chi connectivity index (χ1n) is 8.80. The van der Waals surface area contributed by atoms with Gasteiger partial charge in [-0.1, -0.05) is 12.1 Å². The molecule has 0 fully saturated rings. The minimum absolute atomic E-state index is 0.149. The van der Waals surface area contributed by atoms with Gasteiger partial charge in [0.05, 0.1) is 12.1 Å². The zero-order chi connectivity index (χ0) is 23.7. The summed E-state index contributed by atoms with van der Waals surface area (Å²) in [5.41, 5.74) is -2.23. The van der Waals surface area contributed by atoms with Gasteiger partial charge in [0.15, 0.2) is 13.4 Å². The van der Waals surface area contributed by atoms with Crippen LogP contribution in [0.4, 0.5) is 27.8 Å². The van der Waals surface area contributed by atoms with Crippen LogP contribution in [0.5, 0.6) is 5.75 Å². The van der Waals surface area contributed by atoms with E-state index in [1.54, 1.807) is 0 Å². The molecular formula is C19H14F5N3O4P-. The molecule has 0 saturated carbocycles. The summed E-state index contributed by atoms with van der Waals surface area (Å²) in [7, 11) is -4.31. The lowest BCUT2D eigenvalue weighted by atomic mass is 10.1. The molecule has 32 heavy (non-hydrogen) atoms. The maximum Gasteiger partial charge on any atom is 0.416 e. The first-order valence-corrected chi connectivity index (χ1v) is 10.8. The molecule has 0 radical (unpaired) electrons. The zero-order valence-electron chi connectivity index (χ0n) is 16.2. The fraction of sp³-hybridized carbons (Fsp3) is 0.158. The summed E-state index contributed by atoms with van der Waals surface area (Å²) < 4.78 is 84.5. The van der Waals surface area contributed by atoms with Crippen LogP contribution < -0.4 is 14.7 Å². The molecule has 2 aromatic carbocycles. The monoisotopic (exact) mass is 474 g/mol. The van der Waals surface area contributed by atoms with E-state index < -0.39 is 54.7 Å². The lowest BCUT2D eigenvalue weighted by molar-refractivity contribution is -0.189. The molecule has 13 heteroatoms. The van der Waals surface area contributed by atoms with Gasteiger partial charge in [0, 0.05) is 18.9 Å². The second kappa shape index (κ2) is 8.71. The Morgan fingerprint density at radius 2 is 1.84 bits per heavy atom. The van der Waals surface area contributed by atoms with Crippen molar-refractivity contribution in [2.75, 3.05) is 12.0 Å². The van der Waals surface area contributed by atoms with E-state index in [-0.39, 0.29) is 11.4 Å². The van der Waals surface area contributed by atoms with Gasteiger partial charge in [-0.2, -0.15) is 18.3 Å². The van der Waals surface area contributed by atoms with Crippen molar-refractivity contribution >= 4 is 19.3 Å². The maximum atomic E-state index is 13.7. The van der Waals surface area contributed by atoms with Crippen LogP contribution in [0.3, 0.4) is 0 Å². The molecule has 0 saturated heterocycles. The Hall–Kier alpha value is -3.24. The highest BCUT2D eigenvalue weighted by atomic mass is 31.2. The topological polar surface area (TPSA) is 96.3 Å². The summed E-state index contributed by atoms with van der Waals surface area (Å²) in [5, 5.41) is 6.05. The van der Waals surface area contributed by atoms with Crippen LogP contribution in [0.2, 0.25) is 0 Å². The van der Waals surface area contributed by atoms with Gasteiger partial charge in [-0.15, -0.1) is 0 Å². The third kappa shape index (κ3) is 5.71. The summed E-state index contributed by atoms with van der Waals surface area (Å²) in [6, 6.07) is 6.75. The molecule has 0 aliphatic rings. The highest BCUT2D eigenvalue weighted by Gasteiger charge is 2.34. The quantitative estimate of drug-likeness (QED) is 0.430. The number of halogens is 5. The Labute approximate surface area is 178 Å². The Kier molecular flexibility index (Phi) is 6.38. The molecule has 3 rings (SSSR count). The van der Waals surface area contributed by atoms with E-state index >= 15 is 0 Å². The van der Waals surface area contributed by atoms with Gasteiger partial charge in [0.1, 0.15) is 22.9 Å². The molecule has 1 N–H and O–H groups in total. The van der Waals surface area contributed by atoms with Crippen LogP contribution in [0.1, 0.15) is 21.5 Å². The average molecular weight is 474 g/mol. The molecule has 0 bridgehead atoms. The number of rotatable bonds is 6. The number of benzene rings is 2. The fourth-order valence-corrected chi connectivity index (χ4v) is 3.29. The molecule has 1 aromatic heterocycles. The molecule has 170 valence electrons. The van der Waals surface area contributed by atoms with Crippen molar-refractivity contribution in [2.45, 2.75) is 12.7 Å². The number of anilines is 1. The first-order chi connectivity index (χ1) is 14.8. The number of alkyl halides is 3. The van der Waals surface area contributed by atoms with E-state index in [0.717, 1.165) is 41.7 Å². The lowest BCUT2D eigenvalue weighted by Gasteiger charge is -2.21. The molecule has 1 amide bonds. The van der Waals surface area contributed by atoms with Gasteiger partial charge in [0.2, 0.25) is 0 Å². The molecule has 0 spiro atoms. The maximum absolute atomic E-state index is 13.7.